The van der Waals surface area contributed by atoms with Gasteiger partial charge in [0.1, 0.15) is 18.2 Å². The molecule has 1 unspecified atom stereocenters. The van der Waals surface area contributed by atoms with E-state index in [1.54, 1.807) is 0 Å². The van der Waals surface area contributed by atoms with E-state index in [9.17, 15) is 24.3 Å². The molecule has 30 heavy (non-hydrogen) atoms. The number of ether oxygens (including phenoxy) is 1. The van der Waals surface area contributed by atoms with Crippen molar-refractivity contribution in [2.24, 2.45) is 17.0 Å². The average Bonchev–Trinajstić information content (AvgIpc) is 3.03. The summed E-state index contributed by atoms with van der Waals surface area (Å²) in [6, 6.07) is 5.10. The summed E-state index contributed by atoms with van der Waals surface area (Å²) in [4.78, 5) is 21.8. The SMILES string of the molecule is O=NC1C[C@H](O)[C@H](CCCCCCC(=O)O)[C@H]1CC[C@@H](O)COc1ccc(F)cc1. The molecule has 0 saturated heterocycles. The Morgan fingerprint density at radius 1 is 1.13 bits per heavy atom. The van der Waals surface area contributed by atoms with Gasteiger partial charge in [-0.25, -0.2) is 4.39 Å². The maximum absolute atomic E-state index is 12.9. The van der Waals surface area contributed by atoms with E-state index in [0.717, 1.165) is 25.7 Å². The Bertz CT molecular complexity index is 656. The van der Waals surface area contributed by atoms with Gasteiger partial charge in [0.15, 0.2) is 0 Å². The number of aliphatic carboxylic acids is 1. The van der Waals surface area contributed by atoms with Crippen LogP contribution in [0.1, 0.15) is 57.8 Å². The van der Waals surface area contributed by atoms with Gasteiger partial charge < -0.3 is 20.1 Å². The lowest BCUT2D eigenvalue weighted by atomic mass is 9.84. The molecule has 8 heteroatoms. The Labute approximate surface area is 176 Å². The van der Waals surface area contributed by atoms with Gasteiger partial charge in [-0.1, -0.05) is 24.4 Å². The summed E-state index contributed by atoms with van der Waals surface area (Å²) < 4.78 is 18.4. The highest BCUT2D eigenvalue weighted by molar-refractivity contribution is 5.66. The van der Waals surface area contributed by atoms with Crippen LogP contribution in [0, 0.1) is 22.6 Å². The van der Waals surface area contributed by atoms with Crippen LogP contribution >= 0.6 is 0 Å². The first kappa shape index (κ1) is 24.2. The predicted molar refractivity (Wildman–Crippen MR) is 110 cm³/mol. The van der Waals surface area contributed by atoms with Gasteiger partial charge in [0.05, 0.1) is 18.2 Å². The van der Waals surface area contributed by atoms with Crippen molar-refractivity contribution in [3.05, 3.63) is 35.0 Å². The molecule has 3 N–H and O–H groups in total. The highest BCUT2D eigenvalue weighted by Crippen LogP contribution is 2.40. The molecule has 0 amide bonds. The number of aliphatic hydroxyl groups excluding tert-OH is 2. The van der Waals surface area contributed by atoms with Crippen LogP contribution in [-0.2, 0) is 4.79 Å². The lowest BCUT2D eigenvalue weighted by molar-refractivity contribution is -0.137. The van der Waals surface area contributed by atoms with E-state index in [4.69, 9.17) is 9.84 Å². The number of hydrogen-bond acceptors (Lipinski definition) is 6. The number of halogens is 1. The van der Waals surface area contributed by atoms with Crippen LogP contribution in [0.4, 0.5) is 4.39 Å². The molecule has 1 saturated carbocycles. The van der Waals surface area contributed by atoms with Crippen LogP contribution < -0.4 is 4.74 Å². The van der Waals surface area contributed by atoms with Crippen LogP contribution in [0.25, 0.3) is 0 Å². The molecule has 0 heterocycles. The van der Waals surface area contributed by atoms with Crippen molar-refractivity contribution in [2.75, 3.05) is 6.61 Å². The third kappa shape index (κ3) is 7.99. The van der Waals surface area contributed by atoms with Crippen molar-refractivity contribution >= 4 is 5.97 Å². The summed E-state index contributed by atoms with van der Waals surface area (Å²) in [5.74, 6) is -0.805. The normalized spacial score (nSPS) is 24.5. The zero-order valence-corrected chi connectivity index (χ0v) is 17.2. The number of carboxylic acids is 1. The summed E-state index contributed by atoms with van der Waals surface area (Å²) in [7, 11) is 0. The van der Waals surface area contributed by atoms with Crippen molar-refractivity contribution in [1.29, 1.82) is 0 Å². The summed E-state index contributed by atoms with van der Waals surface area (Å²) in [6.07, 6.45) is 4.15. The molecule has 7 nitrogen and oxygen atoms in total. The lowest BCUT2D eigenvalue weighted by Crippen LogP contribution is -2.25. The molecule has 1 aromatic rings. The Morgan fingerprint density at radius 2 is 1.83 bits per heavy atom. The predicted octanol–water partition coefficient (Wildman–Crippen LogP) is 3.90. The molecule has 5 atom stereocenters. The number of benzene rings is 1. The van der Waals surface area contributed by atoms with Crippen molar-refractivity contribution in [3.63, 3.8) is 0 Å². The van der Waals surface area contributed by atoms with Gasteiger partial charge in [-0.3, -0.25) is 4.79 Å². The zero-order chi connectivity index (χ0) is 21.9. The first-order valence-corrected chi connectivity index (χ1v) is 10.7. The summed E-state index contributed by atoms with van der Waals surface area (Å²) in [5, 5.41) is 32.5. The van der Waals surface area contributed by atoms with Crippen molar-refractivity contribution in [1.82, 2.24) is 0 Å². The second-order valence-electron chi connectivity index (χ2n) is 8.15. The fourth-order valence-corrected chi connectivity index (χ4v) is 4.30. The molecular weight excluding hydrogens is 393 g/mol. The van der Waals surface area contributed by atoms with Crippen molar-refractivity contribution in [2.45, 2.75) is 76.0 Å². The molecule has 0 bridgehead atoms. The minimum Gasteiger partial charge on any atom is -0.491 e. The van der Waals surface area contributed by atoms with Crippen LogP contribution in [0.5, 0.6) is 5.75 Å². The highest BCUT2D eigenvalue weighted by atomic mass is 19.1. The molecule has 1 aliphatic rings. The second-order valence-corrected chi connectivity index (χ2v) is 8.15. The van der Waals surface area contributed by atoms with E-state index in [2.05, 4.69) is 5.18 Å². The Kier molecular flexibility index (Phi) is 10.2. The molecular formula is C22H32FNO6. The molecule has 168 valence electrons. The first-order valence-electron chi connectivity index (χ1n) is 10.7. The first-order chi connectivity index (χ1) is 14.4. The molecule has 1 aromatic carbocycles. The van der Waals surface area contributed by atoms with Crippen LogP contribution in [0.15, 0.2) is 29.4 Å². The monoisotopic (exact) mass is 425 g/mol. The van der Waals surface area contributed by atoms with E-state index in [0.29, 0.717) is 31.4 Å². The van der Waals surface area contributed by atoms with Gasteiger partial charge in [0.25, 0.3) is 0 Å². The smallest absolute Gasteiger partial charge is 0.303 e. The van der Waals surface area contributed by atoms with Gasteiger partial charge in [-0.2, -0.15) is 4.91 Å². The van der Waals surface area contributed by atoms with Gasteiger partial charge in [-0.05, 0) is 68.2 Å². The molecule has 2 rings (SSSR count). The molecule has 1 aliphatic carbocycles. The minimum absolute atomic E-state index is 0.0441. The van der Waals surface area contributed by atoms with E-state index in [1.807, 2.05) is 0 Å². The fraction of sp³-hybridized carbons (Fsp3) is 0.682. The van der Waals surface area contributed by atoms with E-state index in [1.165, 1.54) is 24.3 Å². The van der Waals surface area contributed by atoms with Crippen LogP contribution in [0.2, 0.25) is 0 Å². The molecule has 0 aromatic heterocycles. The maximum Gasteiger partial charge on any atom is 0.303 e. The maximum atomic E-state index is 12.9. The van der Waals surface area contributed by atoms with E-state index >= 15 is 0 Å². The Hall–Kier alpha value is -2.06. The minimum atomic E-state index is -0.789. The third-order valence-corrected chi connectivity index (χ3v) is 5.92. The second kappa shape index (κ2) is 12.6. The third-order valence-electron chi connectivity index (χ3n) is 5.92. The number of carboxylic acid groups (broad SMARTS) is 1. The van der Waals surface area contributed by atoms with Crippen molar-refractivity contribution < 1.29 is 29.2 Å². The number of nitroso groups, excluding NO2 is 1. The topological polar surface area (TPSA) is 116 Å². The van der Waals surface area contributed by atoms with Crippen LogP contribution in [0.3, 0.4) is 0 Å². The highest BCUT2D eigenvalue weighted by Gasteiger charge is 2.42. The number of carbonyl (C=O) groups is 1. The van der Waals surface area contributed by atoms with Gasteiger partial charge in [0, 0.05) is 6.42 Å². The lowest BCUT2D eigenvalue weighted by Gasteiger charge is -2.24. The van der Waals surface area contributed by atoms with Crippen molar-refractivity contribution in [3.8, 4) is 5.75 Å². The zero-order valence-electron chi connectivity index (χ0n) is 17.2. The summed E-state index contributed by atoms with van der Waals surface area (Å²) in [5.41, 5.74) is 0. The number of unbranched alkanes of at least 4 members (excludes halogenated alkanes) is 3. The van der Waals surface area contributed by atoms with Gasteiger partial charge in [0.2, 0.25) is 0 Å². The van der Waals surface area contributed by atoms with E-state index in [-0.39, 0.29) is 30.7 Å². The standard InChI is InChI=1S/C22H32FNO6/c23-15-7-10-17(11-8-15)30-14-16(25)9-12-18-19(21(26)13-20(18)24-29)5-3-1-2-4-6-22(27)28/h7-8,10-11,16,18-21,25-26H,1-6,9,12-14H2,(H,27,28)/t16-,18-,19-,20?,21+/m1/s1. The number of nitrogens with zero attached hydrogens (tertiary/aromatic N) is 1. The van der Waals surface area contributed by atoms with Crippen LogP contribution in [-0.4, -0.2) is 46.1 Å². The molecule has 0 radical (unpaired) electrons. The molecule has 0 aliphatic heterocycles. The van der Waals surface area contributed by atoms with Gasteiger partial charge >= 0.3 is 5.97 Å². The molecule has 1 fully saturated rings. The average molecular weight is 425 g/mol. The number of rotatable bonds is 14. The van der Waals surface area contributed by atoms with E-state index < -0.39 is 24.2 Å². The largest absolute Gasteiger partial charge is 0.491 e. The quantitative estimate of drug-likeness (QED) is 0.307. The number of hydrogen-bond donors (Lipinski definition) is 3. The fourth-order valence-electron chi connectivity index (χ4n) is 4.30. The Balaban J connectivity index is 1.75. The summed E-state index contributed by atoms with van der Waals surface area (Å²) in [6.45, 7) is 0.0638. The summed E-state index contributed by atoms with van der Waals surface area (Å²) >= 11 is 0. The number of aliphatic hydroxyl groups is 2. The Morgan fingerprint density at radius 3 is 2.50 bits per heavy atom. The van der Waals surface area contributed by atoms with Gasteiger partial charge in [-0.15, -0.1) is 0 Å². The molecule has 0 spiro atoms.